The van der Waals surface area contributed by atoms with Crippen molar-refractivity contribution in [3.63, 3.8) is 0 Å². The van der Waals surface area contributed by atoms with Crippen molar-refractivity contribution in [1.82, 2.24) is 5.32 Å². The Balaban J connectivity index is 1.95. The van der Waals surface area contributed by atoms with Gasteiger partial charge < -0.3 is 5.32 Å². The van der Waals surface area contributed by atoms with E-state index in [1.54, 1.807) is 0 Å². The molecule has 1 saturated carbocycles. The maximum Gasteiger partial charge on any atom is 0.0219 e. The van der Waals surface area contributed by atoms with Gasteiger partial charge in [-0.05, 0) is 42.7 Å². The zero-order valence-corrected chi connectivity index (χ0v) is 12.7. The molecule has 0 unspecified atom stereocenters. The number of nitrogens with one attached hydrogen (secondary N) is 1. The quantitative estimate of drug-likeness (QED) is 0.583. The summed E-state index contributed by atoms with van der Waals surface area (Å²) in [7, 11) is 0. The summed E-state index contributed by atoms with van der Waals surface area (Å²) < 4.78 is 1.19. The zero-order valence-electron chi connectivity index (χ0n) is 10.3. The van der Waals surface area contributed by atoms with Crippen molar-refractivity contribution in [2.75, 3.05) is 5.75 Å². The largest absolute Gasteiger partial charge is 0.310 e. The molecule has 0 atom stereocenters. The minimum absolute atomic E-state index is 0.784. The van der Waals surface area contributed by atoms with Crippen LogP contribution in [0.2, 0.25) is 0 Å². The second-order valence-corrected chi connectivity index (χ2v) is 6.66. The highest BCUT2D eigenvalue weighted by Crippen LogP contribution is 2.28. The number of hydrogen-bond acceptors (Lipinski definition) is 2. The van der Waals surface area contributed by atoms with Crippen LogP contribution in [0.3, 0.4) is 0 Å². The van der Waals surface area contributed by atoms with Crippen LogP contribution in [0.1, 0.15) is 38.2 Å². The van der Waals surface area contributed by atoms with Crippen molar-refractivity contribution in [1.29, 1.82) is 0 Å². The lowest BCUT2D eigenvalue weighted by atomic mass is 10.2. The molecule has 0 bridgehead atoms. The molecule has 0 amide bonds. The Bertz CT molecular complexity index is 363. The van der Waals surface area contributed by atoms with Crippen LogP contribution in [0.5, 0.6) is 0 Å². The molecule has 1 nitrogen and oxygen atoms in total. The highest BCUT2D eigenvalue weighted by atomic mass is 79.9. The third-order valence-electron chi connectivity index (χ3n) is 2.94. The number of thioether (sulfide) groups is 1. The third-order valence-corrected chi connectivity index (χ3v) is 4.62. The van der Waals surface area contributed by atoms with Gasteiger partial charge in [0.25, 0.3) is 0 Å². The molecule has 0 spiro atoms. The Kier molecular flexibility index (Phi) is 5.39. The fourth-order valence-electron chi connectivity index (χ4n) is 1.68. The van der Waals surface area contributed by atoms with E-state index in [0.29, 0.717) is 0 Å². The maximum atomic E-state index is 3.59. The Labute approximate surface area is 117 Å². The van der Waals surface area contributed by atoms with Crippen LogP contribution < -0.4 is 5.32 Å². The highest BCUT2D eigenvalue weighted by Gasteiger charge is 2.20. The molecule has 1 aliphatic carbocycles. The van der Waals surface area contributed by atoms with Crippen molar-refractivity contribution >= 4 is 27.7 Å². The van der Waals surface area contributed by atoms with Gasteiger partial charge in [-0.15, -0.1) is 11.8 Å². The van der Waals surface area contributed by atoms with Crippen molar-refractivity contribution in [3.8, 4) is 0 Å². The molecule has 0 aliphatic heterocycles. The standard InChI is InChI=1S/C14H20BrNS/c1-2-3-8-17-14-9-12(15)5-4-11(14)10-16-13-6-7-13/h4-5,9,13,16H,2-3,6-8,10H2,1H3. The van der Waals surface area contributed by atoms with Crippen LogP contribution >= 0.6 is 27.7 Å². The van der Waals surface area contributed by atoms with Crippen molar-refractivity contribution in [3.05, 3.63) is 28.2 Å². The van der Waals surface area contributed by atoms with Gasteiger partial charge in [-0.2, -0.15) is 0 Å². The first kappa shape index (κ1) is 13.4. The fraction of sp³-hybridized carbons (Fsp3) is 0.571. The van der Waals surface area contributed by atoms with E-state index in [1.165, 1.54) is 46.4 Å². The molecule has 1 aromatic carbocycles. The predicted molar refractivity (Wildman–Crippen MR) is 79.6 cm³/mol. The van der Waals surface area contributed by atoms with E-state index >= 15 is 0 Å². The molecule has 1 N–H and O–H groups in total. The van der Waals surface area contributed by atoms with Gasteiger partial charge in [0.1, 0.15) is 0 Å². The molecule has 1 aromatic rings. The Hall–Kier alpha value is 0.01000. The van der Waals surface area contributed by atoms with Gasteiger partial charge >= 0.3 is 0 Å². The summed E-state index contributed by atoms with van der Waals surface area (Å²) in [4.78, 5) is 1.43. The number of hydrogen-bond donors (Lipinski definition) is 1. The number of unbranched alkanes of at least 4 members (excludes halogenated alkanes) is 1. The summed E-state index contributed by atoms with van der Waals surface area (Å²) in [6.07, 6.45) is 5.28. The van der Waals surface area contributed by atoms with Gasteiger partial charge in [-0.1, -0.05) is 35.3 Å². The van der Waals surface area contributed by atoms with Crippen LogP contribution in [0.15, 0.2) is 27.6 Å². The smallest absolute Gasteiger partial charge is 0.0219 e. The van der Waals surface area contributed by atoms with E-state index in [9.17, 15) is 0 Å². The first-order valence-corrected chi connectivity index (χ1v) is 8.22. The van der Waals surface area contributed by atoms with E-state index in [4.69, 9.17) is 0 Å². The average molecular weight is 314 g/mol. The van der Waals surface area contributed by atoms with E-state index in [-0.39, 0.29) is 0 Å². The van der Waals surface area contributed by atoms with Crippen LogP contribution in [0.25, 0.3) is 0 Å². The molecular weight excluding hydrogens is 294 g/mol. The van der Waals surface area contributed by atoms with E-state index in [0.717, 1.165) is 12.6 Å². The summed E-state index contributed by atoms with van der Waals surface area (Å²) in [5.74, 6) is 1.23. The predicted octanol–water partition coefficient (Wildman–Crippen LogP) is 4.59. The molecule has 0 heterocycles. The summed E-state index contributed by atoms with van der Waals surface area (Å²) in [6.45, 7) is 3.27. The van der Waals surface area contributed by atoms with Crippen molar-refractivity contribution in [2.45, 2.75) is 50.1 Å². The van der Waals surface area contributed by atoms with E-state index in [1.807, 2.05) is 11.8 Å². The second kappa shape index (κ2) is 6.81. The van der Waals surface area contributed by atoms with Crippen LogP contribution in [0.4, 0.5) is 0 Å². The van der Waals surface area contributed by atoms with Gasteiger partial charge in [0.05, 0.1) is 0 Å². The average Bonchev–Trinajstić information content (AvgIpc) is 3.12. The number of rotatable bonds is 7. The Morgan fingerprint density at radius 3 is 2.94 bits per heavy atom. The molecule has 2 rings (SSSR count). The van der Waals surface area contributed by atoms with Gasteiger partial charge in [0, 0.05) is 22.0 Å². The Morgan fingerprint density at radius 1 is 1.41 bits per heavy atom. The molecule has 0 radical (unpaired) electrons. The maximum absolute atomic E-state index is 3.59. The third kappa shape index (κ3) is 4.65. The fourth-order valence-corrected chi connectivity index (χ4v) is 3.38. The molecular formula is C14H20BrNS. The topological polar surface area (TPSA) is 12.0 Å². The van der Waals surface area contributed by atoms with E-state index < -0.39 is 0 Å². The highest BCUT2D eigenvalue weighted by molar-refractivity contribution is 9.10. The monoisotopic (exact) mass is 313 g/mol. The lowest BCUT2D eigenvalue weighted by Crippen LogP contribution is -2.15. The van der Waals surface area contributed by atoms with Crippen LogP contribution in [-0.2, 0) is 6.54 Å². The lowest BCUT2D eigenvalue weighted by Gasteiger charge is -2.10. The lowest BCUT2D eigenvalue weighted by molar-refractivity contribution is 0.680. The second-order valence-electron chi connectivity index (χ2n) is 4.61. The van der Waals surface area contributed by atoms with Crippen LogP contribution in [-0.4, -0.2) is 11.8 Å². The molecule has 1 aliphatic rings. The zero-order chi connectivity index (χ0) is 12.1. The summed E-state index contributed by atoms with van der Waals surface area (Å²) in [5, 5.41) is 3.59. The first-order chi connectivity index (χ1) is 8.29. The Morgan fingerprint density at radius 2 is 2.24 bits per heavy atom. The molecule has 17 heavy (non-hydrogen) atoms. The summed E-state index contributed by atoms with van der Waals surface area (Å²) >= 11 is 5.55. The normalized spacial score (nSPS) is 15.2. The summed E-state index contributed by atoms with van der Waals surface area (Å²) in [6, 6.07) is 7.43. The van der Waals surface area contributed by atoms with Crippen LogP contribution in [0, 0.1) is 0 Å². The SMILES string of the molecule is CCCCSc1cc(Br)ccc1CNC1CC1. The van der Waals surface area contributed by atoms with Gasteiger partial charge in [-0.3, -0.25) is 0 Å². The van der Waals surface area contributed by atoms with Gasteiger partial charge in [-0.25, -0.2) is 0 Å². The van der Waals surface area contributed by atoms with E-state index in [2.05, 4.69) is 46.4 Å². The molecule has 3 heteroatoms. The minimum Gasteiger partial charge on any atom is -0.310 e. The van der Waals surface area contributed by atoms with Crippen molar-refractivity contribution in [2.24, 2.45) is 0 Å². The number of benzene rings is 1. The molecule has 1 fully saturated rings. The number of halogens is 1. The molecule has 94 valence electrons. The first-order valence-electron chi connectivity index (χ1n) is 6.44. The van der Waals surface area contributed by atoms with Crippen molar-refractivity contribution < 1.29 is 0 Å². The van der Waals surface area contributed by atoms with Gasteiger partial charge in [0.15, 0.2) is 0 Å². The minimum atomic E-state index is 0.784. The molecule has 0 saturated heterocycles. The molecule has 0 aromatic heterocycles. The summed E-state index contributed by atoms with van der Waals surface area (Å²) in [5.41, 5.74) is 1.45. The van der Waals surface area contributed by atoms with Gasteiger partial charge in [0.2, 0.25) is 0 Å².